The molecule has 9 heteroatoms. The zero-order valence-electron chi connectivity index (χ0n) is 21.4. The molecule has 2 aliphatic heterocycles. The Kier molecular flexibility index (Phi) is 7.23. The third-order valence-corrected chi connectivity index (χ3v) is 8.60. The van der Waals surface area contributed by atoms with Crippen LogP contribution >= 0.6 is 35.4 Å². The number of hydrogen-bond acceptors (Lipinski definition) is 3. The maximum Gasteiger partial charge on any atom is 0.174 e. The van der Waals surface area contributed by atoms with Crippen LogP contribution in [0.15, 0.2) is 79.1 Å². The van der Waals surface area contributed by atoms with E-state index in [4.69, 9.17) is 35.4 Å². The Morgan fingerprint density at radius 3 is 2.44 bits per heavy atom. The fourth-order valence-electron chi connectivity index (χ4n) is 5.59. The number of rotatable bonds is 5. The molecular formula is C30H28Cl2FN5S. The van der Waals surface area contributed by atoms with Crippen LogP contribution < -0.4 is 15.1 Å². The van der Waals surface area contributed by atoms with Crippen LogP contribution in [-0.2, 0) is 0 Å². The Bertz CT molecular complexity index is 1500. The monoisotopic (exact) mass is 579 g/mol. The van der Waals surface area contributed by atoms with Crippen molar-refractivity contribution in [1.29, 1.82) is 0 Å². The molecule has 0 spiro atoms. The number of benzene rings is 2. The van der Waals surface area contributed by atoms with Crippen LogP contribution in [0, 0.1) is 11.7 Å². The van der Waals surface area contributed by atoms with Gasteiger partial charge in [0.25, 0.3) is 0 Å². The molecule has 4 aromatic rings. The van der Waals surface area contributed by atoms with Gasteiger partial charge in [-0.05, 0) is 91.6 Å². The molecule has 2 atom stereocenters. The number of thiocarbonyl (C=S) groups is 1. The molecule has 200 valence electrons. The molecule has 2 aromatic carbocycles. The van der Waals surface area contributed by atoms with Crippen LogP contribution in [0.3, 0.4) is 0 Å². The van der Waals surface area contributed by atoms with E-state index < -0.39 is 5.82 Å². The number of nitrogens with zero attached hydrogens (tertiary/aromatic N) is 4. The van der Waals surface area contributed by atoms with Gasteiger partial charge in [-0.3, -0.25) is 4.98 Å². The molecule has 1 N–H and O–H groups in total. The second-order valence-electron chi connectivity index (χ2n) is 10.2. The summed E-state index contributed by atoms with van der Waals surface area (Å²) in [6, 6.07) is 20.3. The van der Waals surface area contributed by atoms with Crippen LogP contribution in [-0.4, -0.2) is 27.8 Å². The average Bonchev–Trinajstić information content (AvgIpc) is 3.55. The number of hydrogen-bond donors (Lipinski definition) is 1. The molecule has 2 saturated heterocycles. The molecule has 0 aliphatic carbocycles. The van der Waals surface area contributed by atoms with Gasteiger partial charge in [0.05, 0.1) is 27.5 Å². The lowest BCUT2D eigenvalue weighted by molar-refractivity contribution is 0.438. The Hall–Kier alpha value is -3.13. The first-order valence-electron chi connectivity index (χ1n) is 13.1. The standard InChI is InChI=1S/C30H28Cl2FN5S/c1-19-11-15-36(16-12-19)26-10-8-21(18-23(26)32)38-29(28(35-30(38)39)25-5-2-3-13-34-25)27-6-4-14-37(27)20-7-9-24(33)22(31)17-20/h2-10,13-14,17-19,28-29H,11-12,15-16H2,1H3,(H,35,39)/t28-,29+/m0/s1. The first-order valence-corrected chi connectivity index (χ1v) is 14.2. The van der Waals surface area contributed by atoms with E-state index in [0.29, 0.717) is 10.1 Å². The Balaban J connectivity index is 1.43. The van der Waals surface area contributed by atoms with Crippen molar-refractivity contribution in [1.82, 2.24) is 14.9 Å². The molecule has 4 heterocycles. The Morgan fingerprint density at radius 1 is 0.949 bits per heavy atom. The fourth-order valence-corrected chi connectivity index (χ4v) is 6.41. The normalized spacial score (nSPS) is 19.9. The lowest BCUT2D eigenvalue weighted by Gasteiger charge is -2.33. The third kappa shape index (κ3) is 4.99. The predicted octanol–water partition coefficient (Wildman–Crippen LogP) is 7.73. The molecule has 2 fully saturated rings. The number of nitrogens with one attached hydrogen (secondary N) is 1. The number of anilines is 2. The highest BCUT2D eigenvalue weighted by Crippen LogP contribution is 2.44. The lowest BCUT2D eigenvalue weighted by atomic mass is 9.98. The van der Waals surface area contributed by atoms with Gasteiger partial charge in [-0.25, -0.2) is 4.39 Å². The van der Waals surface area contributed by atoms with E-state index in [0.717, 1.165) is 60.3 Å². The molecule has 0 saturated carbocycles. The zero-order chi connectivity index (χ0) is 27.1. The number of aromatic nitrogens is 2. The minimum absolute atomic E-state index is 0.0693. The van der Waals surface area contributed by atoms with E-state index in [1.807, 2.05) is 47.2 Å². The molecule has 5 nitrogen and oxygen atoms in total. The van der Waals surface area contributed by atoms with Crippen molar-refractivity contribution in [2.75, 3.05) is 22.9 Å². The first kappa shape index (κ1) is 26.1. The lowest BCUT2D eigenvalue weighted by Crippen LogP contribution is -2.33. The van der Waals surface area contributed by atoms with Crippen molar-refractivity contribution < 1.29 is 4.39 Å². The highest BCUT2D eigenvalue weighted by Gasteiger charge is 2.42. The number of pyridine rings is 1. The molecular weight excluding hydrogens is 552 g/mol. The quantitative estimate of drug-likeness (QED) is 0.245. The van der Waals surface area contributed by atoms with Crippen molar-refractivity contribution in [3.8, 4) is 5.69 Å². The van der Waals surface area contributed by atoms with Crippen LogP contribution in [0.1, 0.15) is 43.2 Å². The summed E-state index contributed by atoms with van der Waals surface area (Å²) < 4.78 is 16.0. The van der Waals surface area contributed by atoms with Crippen molar-refractivity contribution in [2.24, 2.45) is 5.92 Å². The average molecular weight is 581 g/mol. The van der Waals surface area contributed by atoms with E-state index in [1.54, 1.807) is 18.3 Å². The van der Waals surface area contributed by atoms with Gasteiger partial charge in [-0.15, -0.1) is 0 Å². The van der Waals surface area contributed by atoms with Gasteiger partial charge in [-0.2, -0.15) is 0 Å². The summed E-state index contributed by atoms with van der Waals surface area (Å²) in [6.45, 7) is 4.31. The summed E-state index contributed by atoms with van der Waals surface area (Å²) in [5.74, 6) is 0.285. The largest absolute Gasteiger partial charge is 0.370 e. The van der Waals surface area contributed by atoms with Crippen molar-refractivity contribution in [3.05, 3.63) is 106 Å². The van der Waals surface area contributed by atoms with Crippen molar-refractivity contribution in [2.45, 2.75) is 31.8 Å². The van der Waals surface area contributed by atoms with Crippen LogP contribution in [0.2, 0.25) is 10.0 Å². The topological polar surface area (TPSA) is 36.3 Å². The summed E-state index contributed by atoms with van der Waals surface area (Å²) in [5, 5.41) is 4.85. The number of halogens is 3. The molecule has 0 amide bonds. The summed E-state index contributed by atoms with van der Waals surface area (Å²) >= 11 is 19.0. The summed E-state index contributed by atoms with van der Waals surface area (Å²) in [7, 11) is 0. The molecule has 2 aliphatic rings. The van der Waals surface area contributed by atoms with E-state index >= 15 is 0 Å². The van der Waals surface area contributed by atoms with E-state index in [9.17, 15) is 4.39 Å². The van der Waals surface area contributed by atoms with Crippen molar-refractivity contribution in [3.63, 3.8) is 0 Å². The zero-order valence-corrected chi connectivity index (χ0v) is 23.7. The van der Waals surface area contributed by atoms with Gasteiger partial charge in [-0.1, -0.05) is 36.2 Å². The SMILES string of the molecule is CC1CCN(c2ccc(N3C(=S)N[C@@H](c4ccccn4)[C@H]3c3cccn3-c3ccc(F)c(Cl)c3)cc2Cl)CC1. The fraction of sp³-hybridized carbons (Fsp3) is 0.267. The molecule has 2 aromatic heterocycles. The molecule has 39 heavy (non-hydrogen) atoms. The maximum absolute atomic E-state index is 14.0. The van der Waals surface area contributed by atoms with Gasteiger partial charge in [0.1, 0.15) is 11.9 Å². The van der Waals surface area contributed by atoms with Crippen LogP contribution in [0.4, 0.5) is 15.8 Å². The predicted molar refractivity (Wildman–Crippen MR) is 161 cm³/mol. The molecule has 0 radical (unpaired) electrons. The van der Waals surface area contributed by atoms with Crippen LogP contribution in [0.5, 0.6) is 0 Å². The van der Waals surface area contributed by atoms with E-state index in [-0.39, 0.29) is 17.1 Å². The van der Waals surface area contributed by atoms with Crippen molar-refractivity contribution >= 4 is 51.9 Å². The van der Waals surface area contributed by atoms with Crippen LogP contribution in [0.25, 0.3) is 5.69 Å². The second-order valence-corrected chi connectivity index (χ2v) is 11.4. The highest BCUT2D eigenvalue weighted by atomic mass is 35.5. The molecule has 0 unspecified atom stereocenters. The number of piperidine rings is 1. The van der Waals surface area contributed by atoms with Gasteiger partial charge in [0.2, 0.25) is 0 Å². The molecule has 6 rings (SSSR count). The van der Waals surface area contributed by atoms with Gasteiger partial charge >= 0.3 is 0 Å². The summed E-state index contributed by atoms with van der Waals surface area (Å²) in [4.78, 5) is 9.11. The Morgan fingerprint density at radius 2 is 1.72 bits per heavy atom. The van der Waals surface area contributed by atoms with Gasteiger partial charge < -0.3 is 19.7 Å². The minimum atomic E-state index is -0.455. The smallest absolute Gasteiger partial charge is 0.174 e. The summed E-state index contributed by atoms with van der Waals surface area (Å²) in [6.07, 6.45) is 6.05. The van der Waals surface area contributed by atoms with Gasteiger partial charge in [0.15, 0.2) is 5.11 Å². The maximum atomic E-state index is 14.0. The minimum Gasteiger partial charge on any atom is -0.370 e. The molecule has 0 bridgehead atoms. The van der Waals surface area contributed by atoms with E-state index in [2.05, 4.69) is 39.2 Å². The summed E-state index contributed by atoms with van der Waals surface area (Å²) in [5.41, 5.74) is 4.51. The van der Waals surface area contributed by atoms with Gasteiger partial charge in [0, 0.05) is 42.6 Å². The highest BCUT2D eigenvalue weighted by molar-refractivity contribution is 7.80. The second kappa shape index (κ2) is 10.8. The van der Waals surface area contributed by atoms with E-state index in [1.165, 1.54) is 6.07 Å². The first-order chi connectivity index (χ1) is 18.9. The Labute approximate surface area is 243 Å². The third-order valence-electron chi connectivity index (χ3n) is 7.70.